The Morgan fingerprint density at radius 3 is 2.38 bits per heavy atom. The van der Waals surface area contributed by atoms with Crippen molar-refractivity contribution in [2.24, 2.45) is 17.8 Å². The van der Waals surface area contributed by atoms with E-state index >= 15 is 0 Å². The molecule has 4 unspecified atom stereocenters. The first-order valence-electron chi connectivity index (χ1n) is 11.7. The number of benzene rings is 2. The number of amides is 2. The molecule has 37 heavy (non-hydrogen) atoms. The van der Waals surface area contributed by atoms with Crippen molar-refractivity contribution in [1.82, 2.24) is 0 Å². The number of imide groups is 1. The van der Waals surface area contributed by atoms with Gasteiger partial charge in [-0.2, -0.15) is 0 Å². The molecule has 2 aromatic carbocycles. The van der Waals surface area contributed by atoms with Gasteiger partial charge in [-0.3, -0.25) is 24.1 Å². The Labute approximate surface area is 230 Å². The van der Waals surface area contributed by atoms with Crippen molar-refractivity contribution in [3.63, 3.8) is 0 Å². The summed E-state index contributed by atoms with van der Waals surface area (Å²) in [5.74, 6) is -3.71. The van der Waals surface area contributed by atoms with Gasteiger partial charge in [0.25, 0.3) is 0 Å². The second-order valence-corrected chi connectivity index (χ2v) is 11.3. The normalized spacial score (nSPS) is 27.1. The molecule has 4 aliphatic rings. The predicted octanol–water partition coefficient (Wildman–Crippen LogP) is 5.67. The molecule has 4 atom stereocenters. The van der Waals surface area contributed by atoms with Gasteiger partial charge in [0, 0.05) is 33.2 Å². The Bertz CT molecular complexity index is 1520. The molecule has 1 heterocycles. The number of carbonyl (C=O) groups is 4. The number of hydrogen-bond donors (Lipinski definition) is 1. The van der Waals surface area contributed by atoms with Crippen LogP contribution >= 0.6 is 39.1 Å². The lowest BCUT2D eigenvalue weighted by molar-refractivity contribution is -0.123. The van der Waals surface area contributed by atoms with E-state index in [1.807, 2.05) is 6.08 Å². The van der Waals surface area contributed by atoms with Crippen LogP contribution in [0.3, 0.4) is 0 Å². The molecule has 0 spiro atoms. The number of nitrogens with zero attached hydrogens (tertiary/aromatic N) is 1. The first kappa shape index (κ1) is 24.3. The van der Waals surface area contributed by atoms with E-state index in [4.69, 9.17) is 23.2 Å². The fraction of sp³-hybridized carbons (Fsp3) is 0.214. The van der Waals surface area contributed by atoms with Crippen LogP contribution in [-0.2, 0) is 19.2 Å². The van der Waals surface area contributed by atoms with Gasteiger partial charge in [0.05, 0.1) is 22.0 Å². The summed E-state index contributed by atoms with van der Waals surface area (Å²) in [7, 11) is 0. The van der Waals surface area contributed by atoms with E-state index in [1.54, 1.807) is 30.3 Å². The quantitative estimate of drug-likeness (QED) is 0.273. The second-order valence-electron chi connectivity index (χ2n) is 9.59. The van der Waals surface area contributed by atoms with Crippen LogP contribution in [0.2, 0.25) is 10.0 Å². The summed E-state index contributed by atoms with van der Waals surface area (Å²) in [6, 6.07) is 11.0. The standard InChI is InChI=1S/C28H18BrCl2NO5/c29-20-11-22(34)25-19(26(20)35)10-18-15(23(25)16-6-5-14(33)9-21(16)31)7-8-17-24(18)28(37)32(27(17)36)13-3-1-12(30)2-4-13/h1-7,9,11,17-18,23-24,33H,8,10H2. The van der Waals surface area contributed by atoms with Gasteiger partial charge < -0.3 is 5.11 Å². The van der Waals surface area contributed by atoms with E-state index in [2.05, 4.69) is 15.9 Å². The number of Topliss-reactive ketones (excluding diaryl/α,β-unsaturated/α-hetero) is 1. The Morgan fingerprint density at radius 1 is 0.946 bits per heavy atom. The summed E-state index contributed by atoms with van der Waals surface area (Å²) in [4.78, 5) is 55.0. The zero-order valence-corrected chi connectivity index (χ0v) is 22.2. The van der Waals surface area contributed by atoms with Crippen LogP contribution in [0.25, 0.3) is 0 Å². The molecule has 0 saturated carbocycles. The monoisotopic (exact) mass is 597 g/mol. The van der Waals surface area contributed by atoms with E-state index in [9.17, 15) is 24.3 Å². The summed E-state index contributed by atoms with van der Waals surface area (Å²) < 4.78 is 0.156. The largest absolute Gasteiger partial charge is 0.508 e. The van der Waals surface area contributed by atoms with Gasteiger partial charge in [0.1, 0.15) is 5.75 Å². The van der Waals surface area contributed by atoms with Crippen LogP contribution in [0.15, 0.2) is 75.8 Å². The number of hydrogen-bond acceptors (Lipinski definition) is 5. The van der Waals surface area contributed by atoms with Crippen molar-refractivity contribution in [2.75, 3.05) is 4.90 Å². The van der Waals surface area contributed by atoms with E-state index in [0.717, 1.165) is 5.57 Å². The molecule has 9 heteroatoms. The van der Waals surface area contributed by atoms with Gasteiger partial charge in [-0.1, -0.05) is 40.9 Å². The van der Waals surface area contributed by atoms with Crippen molar-refractivity contribution in [1.29, 1.82) is 0 Å². The Hall–Kier alpha value is -3.00. The average molecular weight is 599 g/mol. The Balaban J connectivity index is 1.50. The minimum absolute atomic E-state index is 0.0307. The third kappa shape index (κ3) is 3.67. The highest BCUT2D eigenvalue weighted by molar-refractivity contribution is 9.12. The minimum atomic E-state index is -0.691. The molecule has 1 aliphatic heterocycles. The summed E-state index contributed by atoms with van der Waals surface area (Å²) in [6.45, 7) is 0. The highest BCUT2D eigenvalue weighted by Gasteiger charge is 2.56. The van der Waals surface area contributed by atoms with Crippen molar-refractivity contribution < 1.29 is 24.3 Å². The lowest BCUT2D eigenvalue weighted by Gasteiger charge is -2.42. The zero-order chi connectivity index (χ0) is 26.2. The first-order valence-corrected chi connectivity index (χ1v) is 13.2. The molecule has 0 radical (unpaired) electrons. The fourth-order valence-electron chi connectivity index (χ4n) is 6.16. The number of aromatic hydroxyl groups is 1. The van der Waals surface area contributed by atoms with Gasteiger partial charge >= 0.3 is 0 Å². The SMILES string of the molecule is O=C1C=C(Br)C(=O)C2=C1C(c1ccc(O)cc1Cl)C1=CCC3C(=O)N(c4ccc(Cl)cc4)C(=O)C3C1C2. The maximum atomic E-state index is 13.8. The maximum absolute atomic E-state index is 13.8. The molecule has 0 aromatic heterocycles. The molecule has 0 bridgehead atoms. The second kappa shape index (κ2) is 8.79. The third-order valence-electron chi connectivity index (χ3n) is 7.71. The predicted molar refractivity (Wildman–Crippen MR) is 142 cm³/mol. The number of anilines is 1. The minimum Gasteiger partial charge on any atom is -0.508 e. The number of ketones is 2. The molecule has 6 rings (SSSR count). The molecule has 2 amide bonds. The molecule has 1 fully saturated rings. The van der Waals surface area contributed by atoms with E-state index in [1.165, 1.54) is 23.1 Å². The van der Waals surface area contributed by atoms with E-state index in [0.29, 0.717) is 33.8 Å². The number of halogens is 3. The zero-order valence-electron chi connectivity index (χ0n) is 19.1. The number of phenolic OH excluding ortho intramolecular Hbond substituents is 1. The highest BCUT2D eigenvalue weighted by Crippen LogP contribution is 2.56. The maximum Gasteiger partial charge on any atom is 0.238 e. The number of allylic oxidation sites excluding steroid dienone is 6. The molecule has 186 valence electrons. The Kier molecular flexibility index (Phi) is 5.78. The van der Waals surface area contributed by atoms with Gasteiger partial charge in [-0.05, 0) is 76.7 Å². The van der Waals surface area contributed by atoms with Gasteiger partial charge in [0.2, 0.25) is 11.8 Å². The van der Waals surface area contributed by atoms with Gasteiger partial charge in [-0.15, -0.1) is 0 Å². The first-order chi connectivity index (χ1) is 17.7. The van der Waals surface area contributed by atoms with Crippen molar-refractivity contribution >= 4 is 68.2 Å². The molecule has 6 nitrogen and oxygen atoms in total. The van der Waals surface area contributed by atoms with Crippen LogP contribution in [0.5, 0.6) is 5.75 Å². The van der Waals surface area contributed by atoms with Gasteiger partial charge in [0.15, 0.2) is 11.6 Å². The van der Waals surface area contributed by atoms with Crippen LogP contribution in [0.4, 0.5) is 5.69 Å². The number of carbonyl (C=O) groups excluding carboxylic acids is 4. The number of rotatable bonds is 2. The molecular weight excluding hydrogens is 581 g/mol. The van der Waals surface area contributed by atoms with Crippen LogP contribution < -0.4 is 4.90 Å². The molecular formula is C28H18BrCl2NO5. The van der Waals surface area contributed by atoms with Crippen molar-refractivity contribution in [2.45, 2.75) is 18.8 Å². The average Bonchev–Trinajstić information content (AvgIpc) is 3.12. The van der Waals surface area contributed by atoms with Crippen molar-refractivity contribution in [3.8, 4) is 5.75 Å². The summed E-state index contributed by atoms with van der Waals surface area (Å²) in [5.41, 5.74) is 2.44. The summed E-state index contributed by atoms with van der Waals surface area (Å²) >= 11 is 15.8. The Morgan fingerprint density at radius 2 is 1.68 bits per heavy atom. The smallest absolute Gasteiger partial charge is 0.238 e. The van der Waals surface area contributed by atoms with E-state index in [-0.39, 0.29) is 45.1 Å². The lowest BCUT2D eigenvalue weighted by Crippen LogP contribution is -2.39. The third-order valence-corrected chi connectivity index (χ3v) is 8.88. The summed E-state index contributed by atoms with van der Waals surface area (Å²) in [5, 5.41) is 10.7. The van der Waals surface area contributed by atoms with Crippen LogP contribution in [0.1, 0.15) is 24.3 Å². The molecule has 1 saturated heterocycles. The number of fused-ring (bicyclic) bond motifs is 3. The molecule has 1 N–H and O–H groups in total. The van der Waals surface area contributed by atoms with Crippen molar-refractivity contribution in [3.05, 3.63) is 91.4 Å². The molecule has 2 aromatic rings. The highest BCUT2D eigenvalue weighted by atomic mass is 79.9. The van der Waals surface area contributed by atoms with Crippen LogP contribution in [0, 0.1) is 17.8 Å². The van der Waals surface area contributed by atoms with E-state index < -0.39 is 23.7 Å². The molecule has 3 aliphatic carbocycles. The topological polar surface area (TPSA) is 91.8 Å². The van der Waals surface area contributed by atoms with Gasteiger partial charge in [-0.25, -0.2) is 0 Å². The lowest BCUT2D eigenvalue weighted by atomic mass is 9.59. The fourth-order valence-corrected chi connectivity index (χ4v) is 7.01. The number of phenols is 1. The summed E-state index contributed by atoms with van der Waals surface area (Å²) in [6.07, 6.45) is 3.67. The van der Waals surface area contributed by atoms with Crippen LogP contribution in [-0.4, -0.2) is 28.5 Å².